The van der Waals surface area contributed by atoms with Gasteiger partial charge in [0.15, 0.2) is 5.41 Å². The average Bonchev–Trinajstić information content (AvgIpc) is 3.25. The standard InChI is InChI=1S/C24H34N2O4/c1-16(2)18-14-29-23(6)19-13-25(12-17-10-8-7-9-11-17)15-24(19,20(27)26(18)23)21(28)30-22(3,4)5/h7-11,16,18-19H,12-15H2,1-6H3/t18-,19+,23-,24-/m1/s1. The summed E-state index contributed by atoms with van der Waals surface area (Å²) in [5.74, 6) is -0.552. The van der Waals surface area contributed by atoms with Gasteiger partial charge in [0.25, 0.3) is 0 Å². The SMILES string of the molecule is CC(C)[C@H]1CO[C@]2(C)[C@@H]3CN(Cc4ccccc4)C[C@]3(C(=O)OC(C)(C)C)C(=O)N12. The molecule has 1 amide bonds. The molecule has 0 aliphatic carbocycles. The molecule has 0 spiro atoms. The lowest BCUT2D eigenvalue weighted by atomic mass is 9.76. The minimum atomic E-state index is -1.22. The second kappa shape index (κ2) is 7.06. The van der Waals surface area contributed by atoms with Crippen molar-refractivity contribution < 1.29 is 19.1 Å². The van der Waals surface area contributed by atoms with Crippen molar-refractivity contribution >= 4 is 11.9 Å². The molecular formula is C24H34N2O4. The molecule has 3 saturated heterocycles. The Hall–Kier alpha value is -1.92. The second-order valence-electron chi connectivity index (χ2n) is 10.5. The van der Waals surface area contributed by atoms with Gasteiger partial charge in [-0.25, -0.2) is 0 Å². The van der Waals surface area contributed by atoms with Gasteiger partial charge in [0.1, 0.15) is 11.3 Å². The Bertz CT molecular complexity index is 833. The zero-order valence-electron chi connectivity index (χ0n) is 19.0. The Morgan fingerprint density at radius 1 is 1.27 bits per heavy atom. The first kappa shape index (κ1) is 21.3. The van der Waals surface area contributed by atoms with Gasteiger partial charge in [0, 0.05) is 25.6 Å². The molecule has 164 valence electrons. The monoisotopic (exact) mass is 414 g/mol. The zero-order chi connectivity index (χ0) is 21.9. The van der Waals surface area contributed by atoms with Gasteiger partial charge < -0.3 is 14.4 Å². The summed E-state index contributed by atoms with van der Waals surface area (Å²) in [5.41, 5.74) is -1.49. The lowest BCUT2D eigenvalue weighted by Gasteiger charge is -2.35. The van der Waals surface area contributed by atoms with E-state index in [4.69, 9.17) is 9.47 Å². The summed E-state index contributed by atoms with van der Waals surface area (Å²) in [6.07, 6.45) is 0. The number of fused-ring (bicyclic) bond motifs is 3. The largest absolute Gasteiger partial charge is 0.459 e. The Morgan fingerprint density at radius 3 is 2.53 bits per heavy atom. The highest BCUT2D eigenvalue weighted by Gasteiger charge is 2.76. The molecule has 6 heteroatoms. The number of amides is 1. The molecule has 30 heavy (non-hydrogen) atoms. The molecule has 0 N–H and O–H groups in total. The second-order valence-corrected chi connectivity index (χ2v) is 10.5. The molecule has 4 atom stereocenters. The lowest BCUT2D eigenvalue weighted by molar-refractivity contribution is -0.172. The number of ether oxygens (including phenoxy) is 2. The first-order valence-electron chi connectivity index (χ1n) is 11.0. The number of carbonyl (C=O) groups excluding carboxylic acids is 2. The van der Waals surface area contributed by atoms with Crippen LogP contribution in [-0.4, -0.2) is 58.7 Å². The number of esters is 1. The van der Waals surface area contributed by atoms with Crippen LogP contribution in [0.25, 0.3) is 0 Å². The molecule has 0 unspecified atom stereocenters. The molecule has 3 fully saturated rings. The molecule has 6 nitrogen and oxygen atoms in total. The van der Waals surface area contributed by atoms with Gasteiger partial charge in [0.2, 0.25) is 5.91 Å². The van der Waals surface area contributed by atoms with Gasteiger partial charge >= 0.3 is 5.97 Å². The summed E-state index contributed by atoms with van der Waals surface area (Å²) >= 11 is 0. The Morgan fingerprint density at radius 2 is 1.93 bits per heavy atom. The highest BCUT2D eigenvalue weighted by molar-refractivity contribution is 6.06. The molecule has 1 aromatic rings. The molecule has 3 aliphatic rings. The minimum absolute atomic E-state index is 0.0185. The van der Waals surface area contributed by atoms with E-state index in [-0.39, 0.29) is 23.8 Å². The normalized spacial score (nSPS) is 33.8. The van der Waals surface area contributed by atoms with Gasteiger partial charge in [0.05, 0.1) is 12.6 Å². The summed E-state index contributed by atoms with van der Waals surface area (Å²) in [6, 6.07) is 10.1. The quantitative estimate of drug-likeness (QED) is 0.560. The molecule has 3 heterocycles. The van der Waals surface area contributed by atoms with Gasteiger partial charge in [-0.15, -0.1) is 0 Å². The van der Waals surface area contributed by atoms with Crippen LogP contribution in [0.2, 0.25) is 0 Å². The average molecular weight is 415 g/mol. The molecule has 0 radical (unpaired) electrons. The predicted octanol–water partition coefficient (Wildman–Crippen LogP) is 3.06. The van der Waals surface area contributed by atoms with Crippen LogP contribution in [0.3, 0.4) is 0 Å². The van der Waals surface area contributed by atoms with Crippen LogP contribution in [0.4, 0.5) is 0 Å². The predicted molar refractivity (Wildman–Crippen MR) is 113 cm³/mol. The number of hydrogen-bond acceptors (Lipinski definition) is 5. The van der Waals surface area contributed by atoms with E-state index in [0.29, 0.717) is 26.2 Å². The Labute approximate surface area is 179 Å². The molecule has 3 aliphatic heterocycles. The maximum atomic E-state index is 14.0. The highest BCUT2D eigenvalue weighted by atomic mass is 16.6. The van der Waals surface area contributed by atoms with Crippen LogP contribution in [0.5, 0.6) is 0 Å². The van der Waals surface area contributed by atoms with E-state index < -0.39 is 22.7 Å². The number of rotatable bonds is 4. The Balaban J connectivity index is 1.71. The van der Waals surface area contributed by atoms with Crippen LogP contribution in [-0.2, 0) is 25.6 Å². The van der Waals surface area contributed by atoms with Gasteiger partial charge in [-0.05, 0) is 39.2 Å². The van der Waals surface area contributed by atoms with Crippen LogP contribution in [0.1, 0.15) is 47.1 Å². The molecular weight excluding hydrogens is 380 g/mol. The van der Waals surface area contributed by atoms with Crippen LogP contribution < -0.4 is 0 Å². The summed E-state index contributed by atoms with van der Waals surface area (Å²) in [7, 11) is 0. The summed E-state index contributed by atoms with van der Waals surface area (Å²) in [5, 5.41) is 0. The van der Waals surface area contributed by atoms with Crippen LogP contribution >= 0.6 is 0 Å². The van der Waals surface area contributed by atoms with E-state index in [1.165, 1.54) is 5.56 Å². The van der Waals surface area contributed by atoms with Crippen molar-refractivity contribution in [3.05, 3.63) is 35.9 Å². The van der Waals surface area contributed by atoms with E-state index in [2.05, 4.69) is 30.9 Å². The van der Waals surface area contributed by atoms with E-state index in [1.54, 1.807) is 0 Å². The van der Waals surface area contributed by atoms with Crippen molar-refractivity contribution in [3.8, 4) is 0 Å². The third-order valence-electron chi connectivity index (χ3n) is 6.89. The van der Waals surface area contributed by atoms with Crippen molar-refractivity contribution in [1.29, 1.82) is 0 Å². The number of carbonyl (C=O) groups is 2. The third kappa shape index (κ3) is 3.16. The molecule has 0 aromatic heterocycles. The van der Waals surface area contributed by atoms with Crippen LogP contribution in [0.15, 0.2) is 30.3 Å². The third-order valence-corrected chi connectivity index (χ3v) is 6.89. The maximum Gasteiger partial charge on any atom is 0.324 e. The van der Waals surface area contributed by atoms with Crippen molar-refractivity contribution in [1.82, 2.24) is 9.80 Å². The lowest BCUT2D eigenvalue weighted by Crippen LogP contribution is -2.51. The number of benzene rings is 1. The van der Waals surface area contributed by atoms with E-state index in [1.807, 2.05) is 50.8 Å². The van der Waals surface area contributed by atoms with E-state index in [9.17, 15) is 9.59 Å². The summed E-state index contributed by atoms with van der Waals surface area (Å²) < 4.78 is 12.1. The van der Waals surface area contributed by atoms with Crippen molar-refractivity contribution in [2.24, 2.45) is 17.3 Å². The molecule has 4 rings (SSSR count). The van der Waals surface area contributed by atoms with Crippen molar-refractivity contribution in [3.63, 3.8) is 0 Å². The number of nitrogens with zero attached hydrogens (tertiary/aromatic N) is 2. The zero-order valence-corrected chi connectivity index (χ0v) is 19.0. The smallest absolute Gasteiger partial charge is 0.324 e. The Kier molecular flexibility index (Phi) is 5.02. The highest BCUT2D eigenvalue weighted by Crippen LogP contribution is 2.57. The van der Waals surface area contributed by atoms with Crippen molar-refractivity contribution in [2.45, 2.75) is 65.5 Å². The first-order chi connectivity index (χ1) is 14.0. The maximum absolute atomic E-state index is 14.0. The summed E-state index contributed by atoms with van der Waals surface area (Å²) in [6.45, 7) is 13.9. The molecule has 0 saturated carbocycles. The van der Waals surface area contributed by atoms with E-state index in [0.717, 1.165) is 0 Å². The summed E-state index contributed by atoms with van der Waals surface area (Å²) in [4.78, 5) is 31.6. The van der Waals surface area contributed by atoms with Crippen LogP contribution in [0, 0.1) is 17.3 Å². The fraction of sp³-hybridized carbons (Fsp3) is 0.667. The van der Waals surface area contributed by atoms with Gasteiger partial charge in [-0.1, -0.05) is 44.2 Å². The fourth-order valence-electron chi connectivity index (χ4n) is 5.46. The fourth-order valence-corrected chi connectivity index (χ4v) is 5.46. The number of hydrogen-bond donors (Lipinski definition) is 0. The molecule has 0 bridgehead atoms. The van der Waals surface area contributed by atoms with E-state index >= 15 is 0 Å². The number of likely N-dealkylation sites (tertiary alicyclic amines) is 1. The topological polar surface area (TPSA) is 59.1 Å². The van der Waals surface area contributed by atoms with Gasteiger partial charge in [-0.3, -0.25) is 14.5 Å². The van der Waals surface area contributed by atoms with Gasteiger partial charge in [-0.2, -0.15) is 0 Å². The first-order valence-corrected chi connectivity index (χ1v) is 11.0. The van der Waals surface area contributed by atoms with Crippen molar-refractivity contribution in [2.75, 3.05) is 19.7 Å². The molecule has 1 aromatic carbocycles. The minimum Gasteiger partial charge on any atom is -0.459 e.